The third-order valence-electron chi connectivity index (χ3n) is 9.54. The lowest BCUT2D eigenvalue weighted by atomic mass is 9.88. The number of fused-ring (bicyclic) bond motifs is 5. The summed E-state index contributed by atoms with van der Waals surface area (Å²) in [6.07, 6.45) is 10.00. The average molecular weight is 665 g/mol. The van der Waals surface area contributed by atoms with E-state index in [1.165, 1.54) is 23.3 Å². The molecule has 8 rings (SSSR count). The van der Waals surface area contributed by atoms with Crippen molar-refractivity contribution in [2.24, 2.45) is 5.41 Å². The quantitative estimate of drug-likeness (QED) is 0.241. The van der Waals surface area contributed by atoms with E-state index in [1.54, 1.807) is 47.3 Å². The molecular weight excluding hydrogens is 639 g/mol. The first-order valence-corrected chi connectivity index (χ1v) is 15.5. The number of carbonyl (C=O) groups is 1. The monoisotopic (exact) mass is 663 g/mol. The highest BCUT2D eigenvalue weighted by molar-refractivity contribution is 6.31. The van der Waals surface area contributed by atoms with Gasteiger partial charge in [0.1, 0.15) is 0 Å². The average Bonchev–Trinajstić information content (AvgIpc) is 3.88. The van der Waals surface area contributed by atoms with E-state index in [0.29, 0.717) is 57.2 Å². The largest absolute Gasteiger partial charge is 0.333 e. The number of alkyl halides is 2. The van der Waals surface area contributed by atoms with Crippen LogP contribution in [-0.2, 0) is 10.2 Å². The zero-order valence-corrected chi connectivity index (χ0v) is 25.6. The molecule has 11 nitrogen and oxygen atoms in total. The second-order valence-electron chi connectivity index (χ2n) is 12.2. The Bertz CT molecular complexity index is 2090. The molecule has 2 spiro atoms. The molecular formula is C31H25Cl2F2N9O2. The third kappa shape index (κ3) is 4.71. The van der Waals surface area contributed by atoms with Crippen LogP contribution in [0.2, 0.25) is 10.2 Å². The number of benzene rings is 1. The molecule has 2 bridgehead atoms. The van der Waals surface area contributed by atoms with Crippen molar-refractivity contribution in [3.05, 3.63) is 87.5 Å². The van der Waals surface area contributed by atoms with Crippen molar-refractivity contribution in [3.8, 4) is 28.2 Å². The van der Waals surface area contributed by atoms with Crippen LogP contribution in [0.3, 0.4) is 0 Å². The number of amides is 1. The molecule has 0 radical (unpaired) electrons. The second kappa shape index (κ2) is 10.5. The Labute approximate surface area is 270 Å². The molecule has 0 unspecified atom stereocenters. The standard InChI is InChI=1S/C31H25Cl2F2N9O2/c32-18-2-3-22(43-15-25(33)40-41-43)19(11-18)20-12-26(45)42(16-37-20)24-13-31(24)6-1-5-30(7-8-30)28(46)39-21-14-38-44(29(34)35)27(21)17-4-9-36-23(31)10-17/h2-4,9-12,14-16,24,29H,1,5-8,13H2,(H,39,46)/t24-,31-/m0/s1. The van der Waals surface area contributed by atoms with Crippen molar-refractivity contribution in [2.75, 3.05) is 5.32 Å². The Hall–Kier alpha value is -4.49. The van der Waals surface area contributed by atoms with Crippen molar-refractivity contribution >= 4 is 34.8 Å². The lowest BCUT2D eigenvalue weighted by Gasteiger charge is -2.22. The van der Waals surface area contributed by atoms with Gasteiger partial charge in [-0.15, -0.1) is 5.10 Å². The van der Waals surface area contributed by atoms with Gasteiger partial charge in [-0.05, 0) is 62.4 Å². The highest BCUT2D eigenvalue weighted by Crippen LogP contribution is 2.61. The molecule has 5 aromatic rings. The highest BCUT2D eigenvalue weighted by Gasteiger charge is 2.58. The van der Waals surface area contributed by atoms with Gasteiger partial charge in [0.2, 0.25) is 5.91 Å². The lowest BCUT2D eigenvalue weighted by Crippen LogP contribution is -2.26. The van der Waals surface area contributed by atoms with Crippen LogP contribution in [-0.4, -0.2) is 45.2 Å². The van der Waals surface area contributed by atoms with Crippen molar-refractivity contribution < 1.29 is 13.6 Å². The maximum Gasteiger partial charge on any atom is 0.333 e. The second-order valence-corrected chi connectivity index (χ2v) is 13.0. The Morgan fingerprint density at radius 2 is 1.87 bits per heavy atom. The molecule has 1 aromatic carbocycles. The predicted molar refractivity (Wildman–Crippen MR) is 165 cm³/mol. The van der Waals surface area contributed by atoms with Crippen LogP contribution in [0.15, 0.2) is 66.1 Å². The van der Waals surface area contributed by atoms with E-state index < -0.39 is 17.4 Å². The molecule has 15 heteroatoms. The molecule has 0 saturated heterocycles. The minimum atomic E-state index is -2.91. The molecule has 2 saturated carbocycles. The Balaban J connectivity index is 1.19. The number of halogens is 4. The molecule has 1 amide bonds. The number of hydrogen-bond donors (Lipinski definition) is 1. The van der Waals surface area contributed by atoms with E-state index >= 15 is 0 Å². The van der Waals surface area contributed by atoms with Crippen LogP contribution in [0.5, 0.6) is 0 Å². The number of anilines is 1. The topological polar surface area (TPSA) is 125 Å². The molecule has 1 aliphatic heterocycles. The molecule has 1 N–H and O–H groups in total. The van der Waals surface area contributed by atoms with Crippen LogP contribution in [0, 0.1) is 5.41 Å². The fourth-order valence-electron chi connectivity index (χ4n) is 6.87. The van der Waals surface area contributed by atoms with Gasteiger partial charge in [0.15, 0.2) is 5.15 Å². The zero-order valence-electron chi connectivity index (χ0n) is 24.1. The Morgan fingerprint density at radius 3 is 2.61 bits per heavy atom. The van der Waals surface area contributed by atoms with Gasteiger partial charge >= 0.3 is 6.55 Å². The summed E-state index contributed by atoms with van der Waals surface area (Å²) in [5.41, 5.74) is 1.70. The summed E-state index contributed by atoms with van der Waals surface area (Å²) in [6, 6.07) is 9.72. The van der Waals surface area contributed by atoms with Crippen LogP contribution in [0.25, 0.3) is 28.2 Å². The molecule has 2 aliphatic carbocycles. The molecule has 4 aromatic heterocycles. The van der Waals surface area contributed by atoms with E-state index in [-0.39, 0.29) is 34.0 Å². The molecule has 5 heterocycles. The zero-order chi connectivity index (χ0) is 31.8. The fraction of sp³-hybridized carbons (Fsp3) is 0.323. The van der Waals surface area contributed by atoms with E-state index in [4.69, 9.17) is 28.2 Å². The van der Waals surface area contributed by atoms with Gasteiger partial charge < -0.3 is 5.32 Å². The first-order chi connectivity index (χ1) is 22.2. The summed E-state index contributed by atoms with van der Waals surface area (Å²) in [4.78, 5) is 36.4. The third-order valence-corrected chi connectivity index (χ3v) is 9.95. The van der Waals surface area contributed by atoms with Crippen molar-refractivity contribution in [2.45, 2.75) is 56.5 Å². The number of nitrogens with one attached hydrogen (secondary N) is 1. The lowest BCUT2D eigenvalue weighted by molar-refractivity contribution is -0.121. The van der Waals surface area contributed by atoms with Crippen LogP contribution in [0.4, 0.5) is 14.5 Å². The van der Waals surface area contributed by atoms with Gasteiger partial charge in [-0.25, -0.2) is 14.3 Å². The summed E-state index contributed by atoms with van der Waals surface area (Å²) in [6.45, 7) is -2.91. The number of carbonyl (C=O) groups excluding carboxylic acids is 1. The normalized spacial score (nSPS) is 21.5. The molecule has 3 aliphatic rings. The number of aromatic nitrogens is 8. The highest BCUT2D eigenvalue weighted by atomic mass is 35.5. The summed E-state index contributed by atoms with van der Waals surface area (Å²) in [5.74, 6) is -0.177. The van der Waals surface area contributed by atoms with Gasteiger partial charge in [0, 0.05) is 44.9 Å². The fourth-order valence-corrected chi connectivity index (χ4v) is 7.17. The van der Waals surface area contributed by atoms with Gasteiger partial charge in [-0.1, -0.05) is 34.8 Å². The summed E-state index contributed by atoms with van der Waals surface area (Å²) in [5, 5.41) is 15.3. The van der Waals surface area contributed by atoms with Crippen molar-refractivity contribution in [1.82, 2.24) is 39.3 Å². The number of nitrogens with zero attached hydrogens (tertiary/aromatic N) is 8. The number of hydrogen-bond acceptors (Lipinski definition) is 7. The maximum atomic E-state index is 14.1. The number of rotatable bonds is 4. The van der Waals surface area contributed by atoms with Crippen molar-refractivity contribution in [3.63, 3.8) is 0 Å². The Kier molecular flexibility index (Phi) is 6.62. The van der Waals surface area contributed by atoms with E-state index in [0.717, 1.165) is 19.3 Å². The Morgan fingerprint density at radius 1 is 1.02 bits per heavy atom. The molecule has 234 valence electrons. The van der Waals surface area contributed by atoms with Crippen LogP contribution in [0.1, 0.15) is 56.8 Å². The minimum Gasteiger partial charge on any atom is -0.322 e. The maximum absolute atomic E-state index is 14.1. The van der Waals surface area contributed by atoms with Gasteiger partial charge in [0.25, 0.3) is 5.56 Å². The van der Waals surface area contributed by atoms with Crippen molar-refractivity contribution in [1.29, 1.82) is 0 Å². The van der Waals surface area contributed by atoms with E-state index in [9.17, 15) is 18.4 Å². The summed E-state index contributed by atoms with van der Waals surface area (Å²) >= 11 is 12.3. The van der Waals surface area contributed by atoms with Gasteiger partial charge in [0.05, 0.1) is 47.5 Å². The van der Waals surface area contributed by atoms with Crippen LogP contribution >= 0.6 is 23.2 Å². The first-order valence-electron chi connectivity index (χ1n) is 14.8. The predicted octanol–water partition coefficient (Wildman–Crippen LogP) is 6.24. The van der Waals surface area contributed by atoms with Gasteiger partial charge in [-0.2, -0.15) is 13.9 Å². The van der Waals surface area contributed by atoms with Gasteiger partial charge in [-0.3, -0.25) is 19.1 Å². The minimum absolute atomic E-state index is 0.116. The summed E-state index contributed by atoms with van der Waals surface area (Å²) in [7, 11) is 0. The first kappa shape index (κ1) is 28.9. The van der Waals surface area contributed by atoms with E-state index in [2.05, 4.69) is 25.7 Å². The SMILES string of the molecule is O=C1Nc2cnn(C(F)F)c2-c2ccnc(c2)[C@]2(CCCC13CC3)C[C@@H]2n1cnc(-c2cc(Cl)ccc2-n2cc(Cl)nn2)cc1=O. The van der Waals surface area contributed by atoms with Crippen LogP contribution < -0.4 is 10.9 Å². The molecule has 2 fully saturated rings. The molecule has 2 atom stereocenters. The molecule has 46 heavy (non-hydrogen) atoms. The number of pyridine rings is 1. The van der Waals surface area contributed by atoms with E-state index in [1.807, 2.05) is 0 Å². The smallest absolute Gasteiger partial charge is 0.322 e. The summed E-state index contributed by atoms with van der Waals surface area (Å²) < 4.78 is 31.8.